The highest BCUT2D eigenvalue weighted by Crippen LogP contribution is 2.38. The van der Waals surface area contributed by atoms with Crippen LogP contribution in [0.15, 0.2) is 18.2 Å². The number of hydrogen-bond donors (Lipinski definition) is 1. The Bertz CT molecular complexity index is 612. The average Bonchev–Trinajstić information content (AvgIpc) is 2.76. The summed E-state index contributed by atoms with van der Waals surface area (Å²) in [6.07, 6.45) is 3.89. The standard InChI is InChI=1S/C15H18N2O/c1-18-10-5-6-14-12(9-10)11-3-2-4-13-15(11)17(14)8-7-16-13/h5-6,9,13,16H,2-4,7-8H2,1H3/p+1. The van der Waals surface area contributed by atoms with Gasteiger partial charge in [0.1, 0.15) is 11.8 Å². The lowest BCUT2D eigenvalue weighted by Gasteiger charge is -2.27. The second kappa shape index (κ2) is 3.75. The minimum absolute atomic E-state index is 0.695. The highest BCUT2D eigenvalue weighted by molar-refractivity contribution is 5.87. The van der Waals surface area contributed by atoms with E-state index in [0.29, 0.717) is 6.04 Å². The third kappa shape index (κ3) is 1.28. The Morgan fingerprint density at radius 3 is 3.22 bits per heavy atom. The van der Waals surface area contributed by atoms with Crippen molar-refractivity contribution in [3.63, 3.8) is 0 Å². The summed E-state index contributed by atoms with van der Waals surface area (Å²) in [5.41, 5.74) is 4.58. The third-order valence-electron chi connectivity index (χ3n) is 4.52. The van der Waals surface area contributed by atoms with Gasteiger partial charge >= 0.3 is 0 Å². The van der Waals surface area contributed by atoms with Crippen molar-refractivity contribution in [3.8, 4) is 5.75 Å². The number of methoxy groups -OCH3 is 1. The molecule has 1 aliphatic carbocycles. The minimum Gasteiger partial charge on any atom is -0.497 e. The minimum atomic E-state index is 0.695. The van der Waals surface area contributed by atoms with Crippen LogP contribution in [0.4, 0.5) is 0 Å². The maximum atomic E-state index is 5.38. The molecule has 0 bridgehead atoms. The average molecular weight is 243 g/mol. The van der Waals surface area contributed by atoms with Crippen LogP contribution in [0.2, 0.25) is 0 Å². The molecule has 0 saturated carbocycles. The van der Waals surface area contributed by atoms with E-state index < -0.39 is 0 Å². The van der Waals surface area contributed by atoms with Crippen LogP contribution in [-0.4, -0.2) is 18.2 Å². The van der Waals surface area contributed by atoms with Gasteiger partial charge in [0.2, 0.25) is 0 Å². The molecule has 4 rings (SSSR count). The van der Waals surface area contributed by atoms with Gasteiger partial charge in [-0.15, -0.1) is 0 Å². The van der Waals surface area contributed by atoms with Gasteiger partial charge in [-0.1, -0.05) is 0 Å². The first kappa shape index (κ1) is 10.4. The van der Waals surface area contributed by atoms with Crippen LogP contribution in [0.1, 0.15) is 30.1 Å². The van der Waals surface area contributed by atoms with Gasteiger partial charge in [0.25, 0.3) is 0 Å². The Kier molecular flexibility index (Phi) is 2.18. The van der Waals surface area contributed by atoms with Crippen molar-refractivity contribution in [2.24, 2.45) is 0 Å². The fourth-order valence-corrected chi connectivity index (χ4v) is 3.75. The molecule has 1 unspecified atom stereocenters. The topological polar surface area (TPSA) is 30.8 Å². The maximum absolute atomic E-state index is 5.38. The quantitative estimate of drug-likeness (QED) is 0.810. The third-order valence-corrected chi connectivity index (χ3v) is 4.52. The van der Waals surface area contributed by atoms with Crippen molar-refractivity contribution in [1.29, 1.82) is 0 Å². The van der Waals surface area contributed by atoms with E-state index in [1.54, 1.807) is 18.4 Å². The molecule has 0 spiro atoms. The molecule has 2 N–H and O–H groups in total. The van der Waals surface area contributed by atoms with Crippen LogP contribution in [0.3, 0.4) is 0 Å². The SMILES string of the molecule is COc1ccc2c(c1)c1c3n2CC[NH2+]C3CCC1. The fourth-order valence-electron chi connectivity index (χ4n) is 3.75. The molecule has 18 heavy (non-hydrogen) atoms. The van der Waals surface area contributed by atoms with Crippen LogP contribution in [0.25, 0.3) is 10.9 Å². The van der Waals surface area contributed by atoms with Crippen molar-refractivity contribution in [1.82, 2.24) is 4.57 Å². The van der Waals surface area contributed by atoms with Crippen LogP contribution < -0.4 is 10.1 Å². The molecular weight excluding hydrogens is 224 g/mol. The number of rotatable bonds is 1. The molecule has 1 aromatic heterocycles. The summed E-state index contributed by atoms with van der Waals surface area (Å²) in [5.74, 6) is 0.979. The number of aryl methyl sites for hydroxylation is 1. The second-order valence-electron chi connectivity index (χ2n) is 5.42. The van der Waals surface area contributed by atoms with Crippen molar-refractivity contribution in [2.75, 3.05) is 13.7 Å². The monoisotopic (exact) mass is 243 g/mol. The number of benzene rings is 1. The van der Waals surface area contributed by atoms with E-state index in [1.807, 2.05) is 0 Å². The first-order chi connectivity index (χ1) is 8.88. The first-order valence-electron chi connectivity index (χ1n) is 6.91. The van der Waals surface area contributed by atoms with Crippen LogP contribution >= 0.6 is 0 Å². The summed E-state index contributed by atoms with van der Waals surface area (Å²) in [6, 6.07) is 7.23. The summed E-state index contributed by atoms with van der Waals surface area (Å²) >= 11 is 0. The molecule has 2 heterocycles. The molecule has 2 aromatic rings. The lowest BCUT2D eigenvalue weighted by molar-refractivity contribution is -0.704. The van der Waals surface area contributed by atoms with Crippen molar-refractivity contribution < 1.29 is 10.1 Å². The van der Waals surface area contributed by atoms with E-state index in [-0.39, 0.29) is 0 Å². The molecule has 1 aromatic carbocycles. The predicted octanol–water partition coefficient (Wildman–Crippen LogP) is 1.60. The summed E-state index contributed by atoms with van der Waals surface area (Å²) < 4.78 is 7.93. The number of ether oxygens (including phenoxy) is 1. The number of aromatic nitrogens is 1. The molecule has 94 valence electrons. The lowest BCUT2D eigenvalue weighted by Crippen LogP contribution is -2.88. The van der Waals surface area contributed by atoms with Crippen molar-refractivity contribution in [3.05, 3.63) is 29.5 Å². The molecule has 0 radical (unpaired) electrons. The Morgan fingerprint density at radius 1 is 1.39 bits per heavy atom. The Hall–Kier alpha value is -1.48. The smallest absolute Gasteiger partial charge is 0.127 e. The molecule has 2 aliphatic rings. The summed E-state index contributed by atoms with van der Waals surface area (Å²) in [4.78, 5) is 0. The van der Waals surface area contributed by atoms with Crippen molar-refractivity contribution in [2.45, 2.75) is 31.8 Å². The predicted molar refractivity (Wildman–Crippen MR) is 71.0 cm³/mol. The van der Waals surface area contributed by atoms with Gasteiger partial charge in [0.15, 0.2) is 0 Å². The second-order valence-corrected chi connectivity index (χ2v) is 5.42. The van der Waals surface area contributed by atoms with E-state index in [2.05, 4.69) is 28.1 Å². The fraction of sp³-hybridized carbons (Fsp3) is 0.467. The number of nitrogens with zero attached hydrogens (tertiary/aromatic N) is 1. The zero-order chi connectivity index (χ0) is 12.1. The van der Waals surface area contributed by atoms with Gasteiger partial charge in [-0.2, -0.15) is 0 Å². The molecule has 0 amide bonds. The number of nitrogens with two attached hydrogens (primary N) is 1. The zero-order valence-corrected chi connectivity index (χ0v) is 10.8. The van der Waals surface area contributed by atoms with Crippen molar-refractivity contribution >= 4 is 10.9 Å². The van der Waals surface area contributed by atoms with Crippen LogP contribution in [0.5, 0.6) is 5.75 Å². The van der Waals surface area contributed by atoms with Crippen LogP contribution in [0, 0.1) is 0 Å². The van der Waals surface area contributed by atoms with Gasteiger partial charge in [-0.3, -0.25) is 0 Å². The molecule has 1 atom stereocenters. The van der Waals surface area contributed by atoms with Crippen LogP contribution in [-0.2, 0) is 13.0 Å². The Morgan fingerprint density at radius 2 is 2.33 bits per heavy atom. The summed E-state index contributed by atoms with van der Waals surface area (Å²) in [6.45, 7) is 2.36. The lowest BCUT2D eigenvalue weighted by atomic mass is 9.91. The van der Waals surface area contributed by atoms with Gasteiger partial charge < -0.3 is 14.6 Å². The van der Waals surface area contributed by atoms with E-state index in [9.17, 15) is 0 Å². The molecule has 3 heteroatoms. The van der Waals surface area contributed by atoms with Gasteiger partial charge in [0.05, 0.1) is 25.9 Å². The molecule has 0 saturated heterocycles. The Labute approximate surface area is 107 Å². The van der Waals surface area contributed by atoms with Gasteiger partial charge in [-0.25, -0.2) is 0 Å². The number of quaternary nitrogens is 1. The van der Waals surface area contributed by atoms with E-state index >= 15 is 0 Å². The van der Waals surface area contributed by atoms with Gasteiger partial charge in [-0.05, 0) is 36.6 Å². The first-order valence-corrected chi connectivity index (χ1v) is 6.91. The Balaban J connectivity index is 2.05. The number of fused-ring (bicyclic) bond motifs is 3. The van der Waals surface area contributed by atoms with E-state index in [0.717, 1.165) is 12.3 Å². The summed E-state index contributed by atoms with van der Waals surface area (Å²) in [5, 5.41) is 3.94. The molecule has 1 aliphatic heterocycles. The summed E-state index contributed by atoms with van der Waals surface area (Å²) in [7, 11) is 1.75. The molecular formula is C15H19N2O+. The van der Waals surface area contributed by atoms with E-state index in [4.69, 9.17) is 4.74 Å². The van der Waals surface area contributed by atoms with Gasteiger partial charge in [0, 0.05) is 17.3 Å². The largest absolute Gasteiger partial charge is 0.497 e. The molecule has 3 nitrogen and oxygen atoms in total. The maximum Gasteiger partial charge on any atom is 0.127 e. The molecule has 0 fully saturated rings. The zero-order valence-electron chi connectivity index (χ0n) is 10.8. The van der Waals surface area contributed by atoms with E-state index in [1.165, 1.54) is 36.7 Å². The highest BCUT2D eigenvalue weighted by Gasteiger charge is 2.32. The number of hydrogen-bond acceptors (Lipinski definition) is 1. The normalized spacial score (nSPS) is 21.9. The highest BCUT2D eigenvalue weighted by atomic mass is 16.5.